The Bertz CT molecular complexity index is 847. The summed E-state index contributed by atoms with van der Waals surface area (Å²) in [6.07, 6.45) is -0.563. The molecule has 29 heavy (non-hydrogen) atoms. The lowest BCUT2D eigenvalue weighted by molar-refractivity contribution is 0.0636. The van der Waals surface area contributed by atoms with Gasteiger partial charge in [-0.2, -0.15) is 0 Å². The third-order valence-corrected chi connectivity index (χ3v) is 3.71. The Kier molecular flexibility index (Phi) is 6.93. The van der Waals surface area contributed by atoms with Gasteiger partial charge < -0.3 is 24.3 Å². The first-order valence-electron chi connectivity index (χ1n) is 8.88. The van der Waals surface area contributed by atoms with Gasteiger partial charge in [-0.15, -0.1) is 0 Å². The normalized spacial score (nSPS) is 10.7. The van der Waals surface area contributed by atoms with Crippen LogP contribution in [0.2, 0.25) is 0 Å². The largest absolute Gasteiger partial charge is 0.493 e. The van der Waals surface area contributed by atoms with Crippen molar-refractivity contribution in [3.8, 4) is 17.2 Å². The van der Waals surface area contributed by atoms with Gasteiger partial charge in [0.1, 0.15) is 5.60 Å². The van der Waals surface area contributed by atoms with E-state index in [1.165, 1.54) is 21.3 Å². The molecular weight excluding hydrogens is 376 g/mol. The Morgan fingerprint density at radius 2 is 1.34 bits per heavy atom. The van der Waals surface area contributed by atoms with Crippen molar-refractivity contribution < 1.29 is 28.5 Å². The topological polar surface area (TPSA) is 95.1 Å². The van der Waals surface area contributed by atoms with E-state index in [0.717, 1.165) is 0 Å². The maximum absolute atomic E-state index is 12.6. The molecule has 2 amide bonds. The van der Waals surface area contributed by atoms with Crippen LogP contribution >= 0.6 is 0 Å². The summed E-state index contributed by atoms with van der Waals surface area (Å²) < 4.78 is 21.0. The second-order valence-electron chi connectivity index (χ2n) is 7.07. The minimum absolute atomic E-state index is 0.330. The van der Waals surface area contributed by atoms with Gasteiger partial charge in [-0.05, 0) is 45.0 Å². The zero-order valence-electron chi connectivity index (χ0n) is 17.4. The molecule has 2 aromatic carbocycles. The highest BCUT2D eigenvalue weighted by Crippen LogP contribution is 2.40. The van der Waals surface area contributed by atoms with Crippen LogP contribution < -0.4 is 24.8 Å². The Balaban J connectivity index is 2.11. The summed E-state index contributed by atoms with van der Waals surface area (Å²) >= 11 is 0. The van der Waals surface area contributed by atoms with Gasteiger partial charge in [-0.25, -0.2) is 4.79 Å². The lowest BCUT2D eigenvalue weighted by Crippen LogP contribution is -2.27. The van der Waals surface area contributed by atoms with E-state index < -0.39 is 11.7 Å². The molecule has 8 heteroatoms. The second-order valence-corrected chi connectivity index (χ2v) is 7.07. The molecule has 0 aliphatic heterocycles. The van der Waals surface area contributed by atoms with Crippen LogP contribution in [-0.4, -0.2) is 38.9 Å². The number of hydrogen-bond donors (Lipinski definition) is 2. The van der Waals surface area contributed by atoms with Crippen molar-refractivity contribution in [1.29, 1.82) is 0 Å². The maximum Gasteiger partial charge on any atom is 0.412 e. The molecule has 2 rings (SSSR count). The fourth-order valence-electron chi connectivity index (χ4n) is 2.48. The molecule has 2 aromatic rings. The third kappa shape index (κ3) is 6.03. The molecule has 0 unspecified atom stereocenters. The number of methoxy groups -OCH3 is 3. The first kappa shape index (κ1) is 21.9. The average molecular weight is 402 g/mol. The van der Waals surface area contributed by atoms with E-state index >= 15 is 0 Å². The number of carbonyl (C=O) groups is 2. The number of amides is 2. The summed E-state index contributed by atoms with van der Waals surface area (Å²) in [5.41, 5.74) is 0.822. The number of carbonyl (C=O) groups excluding carboxylic acids is 2. The summed E-state index contributed by atoms with van der Waals surface area (Å²) in [6, 6.07) is 9.71. The lowest BCUT2D eigenvalue weighted by Gasteiger charge is -2.19. The van der Waals surface area contributed by atoms with E-state index in [0.29, 0.717) is 34.2 Å². The van der Waals surface area contributed by atoms with Crippen molar-refractivity contribution in [2.24, 2.45) is 0 Å². The summed E-state index contributed by atoms with van der Waals surface area (Å²) in [7, 11) is 4.50. The van der Waals surface area contributed by atoms with Crippen molar-refractivity contribution >= 4 is 23.4 Å². The van der Waals surface area contributed by atoms with Crippen LogP contribution in [0.4, 0.5) is 16.2 Å². The number of anilines is 2. The Morgan fingerprint density at radius 1 is 0.793 bits per heavy atom. The molecule has 0 bridgehead atoms. The van der Waals surface area contributed by atoms with E-state index in [9.17, 15) is 9.59 Å². The summed E-state index contributed by atoms with van der Waals surface area (Å²) in [6.45, 7) is 5.34. The van der Waals surface area contributed by atoms with Crippen molar-refractivity contribution in [1.82, 2.24) is 0 Å². The maximum atomic E-state index is 12.6. The first-order valence-corrected chi connectivity index (χ1v) is 8.88. The Labute approximate surface area is 170 Å². The second kappa shape index (κ2) is 9.18. The van der Waals surface area contributed by atoms with E-state index in [-0.39, 0.29) is 5.91 Å². The van der Waals surface area contributed by atoms with Crippen LogP contribution in [0.1, 0.15) is 31.1 Å². The fraction of sp³-hybridized carbons (Fsp3) is 0.333. The molecule has 0 heterocycles. The minimum atomic E-state index is -0.593. The molecule has 2 N–H and O–H groups in total. The van der Waals surface area contributed by atoms with Gasteiger partial charge >= 0.3 is 6.09 Å². The third-order valence-electron chi connectivity index (χ3n) is 3.71. The number of benzene rings is 2. The van der Waals surface area contributed by atoms with Crippen LogP contribution in [0.5, 0.6) is 17.2 Å². The highest BCUT2D eigenvalue weighted by molar-refractivity contribution is 6.05. The first-order chi connectivity index (χ1) is 13.7. The molecule has 0 aromatic heterocycles. The molecule has 0 aliphatic carbocycles. The highest BCUT2D eigenvalue weighted by atomic mass is 16.6. The molecule has 0 saturated heterocycles. The van der Waals surface area contributed by atoms with Crippen molar-refractivity contribution in [3.63, 3.8) is 0 Å². The number of hydrogen-bond acceptors (Lipinski definition) is 6. The van der Waals surface area contributed by atoms with E-state index in [1.807, 2.05) is 0 Å². The van der Waals surface area contributed by atoms with E-state index in [4.69, 9.17) is 18.9 Å². The fourth-order valence-corrected chi connectivity index (χ4v) is 2.48. The zero-order valence-corrected chi connectivity index (χ0v) is 17.4. The molecule has 0 aliphatic rings. The summed E-state index contributed by atoms with van der Waals surface area (Å²) in [5, 5.41) is 5.40. The molecule has 156 valence electrons. The molecular formula is C21H26N2O6. The monoisotopic (exact) mass is 402 g/mol. The van der Waals surface area contributed by atoms with Crippen LogP contribution in [0, 0.1) is 0 Å². The number of nitrogens with one attached hydrogen (secondary N) is 2. The van der Waals surface area contributed by atoms with Crippen LogP contribution in [0.3, 0.4) is 0 Å². The molecule has 0 saturated carbocycles. The molecule has 0 radical (unpaired) electrons. The Hall–Kier alpha value is -3.42. The molecule has 0 spiro atoms. The minimum Gasteiger partial charge on any atom is -0.493 e. The quantitative estimate of drug-likeness (QED) is 0.748. The molecule has 0 fully saturated rings. The Morgan fingerprint density at radius 3 is 1.79 bits per heavy atom. The van der Waals surface area contributed by atoms with Crippen LogP contribution in [0.25, 0.3) is 0 Å². The predicted molar refractivity (Wildman–Crippen MR) is 110 cm³/mol. The van der Waals surface area contributed by atoms with Crippen molar-refractivity contribution in [2.75, 3.05) is 32.0 Å². The van der Waals surface area contributed by atoms with Gasteiger partial charge in [-0.1, -0.05) is 0 Å². The van der Waals surface area contributed by atoms with Gasteiger partial charge in [0, 0.05) is 29.1 Å². The molecule has 8 nitrogen and oxygen atoms in total. The van der Waals surface area contributed by atoms with Crippen LogP contribution in [-0.2, 0) is 4.74 Å². The van der Waals surface area contributed by atoms with E-state index in [2.05, 4.69) is 10.6 Å². The SMILES string of the molecule is COc1cc(NC(=O)c2ccc(NC(=O)OC(C)(C)C)cc2)cc(OC)c1OC. The van der Waals surface area contributed by atoms with Gasteiger partial charge in [-0.3, -0.25) is 10.1 Å². The lowest BCUT2D eigenvalue weighted by atomic mass is 10.2. The highest BCUT2D eigenvalue weighted by Gasteiger charge is 2.17. The average Bonchev–Trinajstić information content (AvgIpc) is 2.66. The predicted octanol–water partition coefficient (Wildman–Crippen LogP) is 4.31. The smallest absolute Gasteiger partial charge is 0.412 e. The molecule has 0 atom stereocenters. The zero-order chi connectivity index (χ0) is 21.6. The summed E-state index contributed by atoms with van der Waals surface area (Å²) in [4.78, 5) is 24.4. The van der Waals surface area contributed by atoms with E-state index in [1.54, 1.807) is 57.2 Å². The summed E-state index contributed by atoms with van der Waals surface area (Å²) in [5.74, 6) is 0.965. The van der Waals surface area contributed by atoms with Crippen LogP contribution in [0.15, 0.2) is 36.4 Å². The van der Waals surface area contributed by atoms with Gasteiger partial charge in [0.2, 0.25) is 5.75 Å². The van der Waals surface area contributed by atoms with Gasteiger partial charge in [0.15, 0.2) is 11.5 Å². The van der Waals surface area contributed by atoms with Gasteiger partial charge in [0.05, 0.1) is 21.3 Å². The van der Waals surface area contributed by atoms with Crippen molar-refractivity contribution in [2.45, 2.75) is 26.4 Å². The van der Waals surface area contributed by atoms with Gasteiger partial charge in [0.25, 0.3) is 5.91 Å². The van der Waals surface area contributed by atoms with Crippen molar-refractivity contribution in [3.05, 3.63) is 42.0 Å². The number of ether oxygens (including phenoxy) is 4. The standard InChI is InChI=1S/C21H26N2O6/c1-21(2,3)29-20(25)23-14-9-7-13(8-10-14)19(24)22-15-11-16(26-4)18(28-6)17(12-15)27-5/h7-12H,1-6H3,(H,22,24)(H,23,25). The number of rotatable bonds is 6.